The largest absolute Gasteiger partial charge is 0.481 e. The van der Waals surface area contributed by atoms with E-state index in [1.54, 1.807) is 24.3 Å². The minimum atomic E-state index is -0.653. The van der Waals surface area contributed by atoms with Crippen LogP contribution in [0.2, 0.25) is 0 Å². The first-order chi connectivity index (χ1) is 14.1. The number of benzene rings is 2. The Bertz CT molecular complexity index is 846. The van der Waals surface area contributed by atoms with Crippen molar-refractivity contribution in [2.24, 2.45) is 0 Å². The molecule has 0 unspecified atom stereocenters. The molecule has 1 aliphatic rings. The monoisotopic (exact) mass is 396 g/mol. The molecule has 0 radical (unpaired) electrons. The molecule has 0 saturated carbocycles. The van der Waals surface area contributed by atoms with Gasteiger partial charge in [0.05, 0.1) is 17.4 Å². The fourth-order valence-corrected chi connectivity index (χ4v) is 3.29. The first-order valence-electron chi connectivity index (χ1n) is 10.1. The summed E-state index contributed by atoms with van der Waals surface area (Å²) >= 11 is 0. The number of carbonyl (C=O) groups excluding carboxylic acids is 2. The zero-order valence-corrected chi connectivity index (χ0v) is 16.9. The van der Waals surface area contributed by atoms with E-state index in [-0.39, 0.29) is 17.9 Å². The smallest absolute Gasteiger partial charge is 0.265 e. The number of hydrogen-bond acceptors (Lipinski definition) is 4. The highest BCUT2D eigenvalue weighted by atomic mass is 16.5. The second-order valence-corrected chi connectivity index (χ2v) is 7.21. The van der Waals surface area contributed by atoms with Crippen molar-refractivity contribution in [2.75, 3.05) is 18.5 Å². The van der Waals surface area contributed by atoms with Crippen molar-refractivity contribution < 1.29 is 19.1 Å². The van der Waals surface area contributed by atoms with Gasteiger partial charge in [-0.1, -0.05) is 31.2 Å². The Kier molecular flexibility index (Phi) is 7.25. The summed E-state index contributed by atoms with van der Waals surface area (Å²) in [6.45, 7) is 5.07. The summed E-state index contributed by atoms with van der Waals surface area (Å²) in [6.07, 6.45) is 1.89. The maximum atomic E-state index is 12.8. The van der Waals surface area contributed by atoms with Crippen LogP contribution in [0.3, 0.4) is 0 Å². The highest BCUT2D eigenvalue weighted by Gasteiger charge is 2.22. The number of para-hydroxylation sites is 1. The highest BCUT2D eigenvalue weighted by Crippen LogP contribution is 2.19. The van der Waals surface area contributed by atoms with Crippen LogP contribution in [0, 0.1) is 6.92 Å². The number of aryl methyl sites for hydroxylation is 1. The van der Waals surface area contributed by atoms with Gasteiger partial charge in [0.1, 0.15) is 5.75 Å². The third-order valence-corrected chi connectivity index (χ3v) is 4.87. The van der Waals surface area contributed by atoms with Crippen molar-refractivity contribution in [3.63, 3.8) is 0 Å². The predicted molar refractivity (Wildman–Crippen MR) is 112 cm³/mol. The van der Waals surface area contributed by atoms with Gasteiger partial charge in [0.25, 0.3) is 11.8 Å². The Morgan fingerprint density at radius 1 is 1.21 bits per heavy atom. The molecule has 0 aromatic heterocycles. The van der Waals surface area contributed by atoms with Crippen molar-refractivity contribution in [1.29, 1.82) is 0 Å². The van der Waals surface area contributed by atoms with Crippen LogP contribution in [0.5, 0.6) is 5.75 Å². The molecule has 2 aromatic carbocycles. The number of hydrogen-bond donors (Lipinski definition) is 2. The topological polar surface area (TPSA) is 76.7 Å². The summed E-state index contributed by atoms with van der Waals surface area (Å²) in [5.41, 5.74) is 1.95. The molecule has 0 bridgehead atoms. The first kappa shape index (κ1) is 20.9. The standard InChI is InChI=1S/C23H28N2O4/c1-3-21(29-17-9-6-8-16(2)14-17)23(27)25-20-12-5-4-11-19(20)22(26)24-15-18-10-7-13-28-18/h4-6,8-9,11-12,14,18,21H,3,7,10,13,15H2,1-2H3,(H,24,26)(H,25,27)/t18-,21-/m0/s1. The van der Waals surface area contributed by atoms with Crippen molar-refractivity contribution in [1.82, 2.24) is 5.32 Å². The molecule has 1 aliphatic heterocycles. The van der Waals surface area contributed by atoms with Crippen LogP contribution in [0.15, 0.2) is 48.5 Å². The highest BCUT2D eigenvalue weighted by molar-refractivity contribution is 6.04. The second-order valence-electron chi connectivity index (χ2n) is 7.21. The Morgan fingerprint density at radius 2 is 2.03 bits per heavy atom. The van der Waals surface area contributed by atoms with Crippen molar-refractivity contribution in [3.05, 3.63) is 59.7 Å². The van der Waals surface area contributed by atoms with Gasteiger partial charge in [-0.3, -0.25) is 9.59 Å². The van der Waals surface area contributed by atoms with Gasteiger partial charge in [-0.25, -0.2) is 0 Å². The molecule has 6 heteroatoms. The maximum absolute atomic E-state index is 12.8. The van der Waals surface area contributed by atoms with Crippen molar-refractivity contribution >= 4 is 17.5 Å². The van der Waals surface area contributed by atoms with E-state index in [0.717, 1.165) is 25.0 Å². The van der Waals surface area contributed by atoms with Gasteiger partial charge in [0.15, 0.2) is 6.10 Å². The van der Waals surface area contributed by atoms with Crippen molar-refractivity contribution in [3.8, 4) is 5.75 Å². The van der Waals surface area contributed by atoms with E-state index in [0.29, 0.717) is 30.0 Å². The zero-order valence-electron chi connectivity index (χ0n) is 16.9. The molecule has 0 spiro atoms. The van der Waals surface area contributed by atoms with E-state index < -0.39 is 6.10 Å². The fourth-order valence-electron chi connectivity index (χ4n) is 3.29. The molecule has 2 aromatic rings. The minimum Gasteiger partial charge on any atom is -0.481 e. The maximum Gasteiger partial charge on any atom is 0.265 e. The average Bonchev–Trinajstić information content (AvgIpc) is 3.24. The molecule has 2 atom stereocenters. The Labute approximate surface area is 171 Å². The normalized spacial score (nSPS) is 16.8. The number of carbonyl (C=O) groups is 2. The molecule has 1 fully saturated rings. The third-order valence-electron chi connectivity index (χ3n) is 4.87. The predicted octanol–water partition coefficient (Wildman–Crippen LogP) is 3.70. The summed E-state index contributed by atoms with van der Waals surface area (Å²) in [4.78, 5) is 25.4. The molecule has 154 valence electrons. The number of rotatable bonds is 8. The summed E-state index contributed by atoms with van der Waals surface area (Å²) in [5.74, 6) is 0.132. The molecule has 29 heavy (non-hydrogen) atoms. The molecule has 1 heterocycles. The van der Waals surface area contributed by atoms with Crippen LogP contribution < -0.4 is 15.4 Å². The van der Waals surface area contributed by atoms with Crippen LogP contribution >= 0.6 is 0 Å². The van der Waals surface area contributed by atoms with Gasteiger partial charge in [0, 0.05) is 13.2 Å². The lowest BCUT2D eigenvalue weighted by Crippen LogP contribution is -2.35. The van der Waals surface area contributed by atoms with Gasteiger partial charge in [-0.05, 0) is 56.0 Å². The van der Waals surface area contributed by atoms with Crippen LogP contribution in [-0.2, 0) is 9.53 Å². The number of nitrogens with one attached hydrogen (secondary N) is 2. The van der Waals surface area contributed by atoms with E-state index in [2.05, 4.69) is 10.6 Å². The Balaban J connectivity index is 1.65. The van der Waals surface area contributed by atoms with Gasteiger partial charge in [-0.15, -0.1) is 0 Å². The molecular formula is C23H28N2O4. The van der Waals surface area contributed by atoms with E-state index in [9.17, 15) is 9.59 Å². The third kappa shape index (κ3) is 5.81. The van der Waals surface area contributed by atoms with Crippen LogP contribution in [0.1, 0.15) is 42.1 Å². The summed E-state index contributed by atoms with van der Waals surface area (Å²) in [5, 5.41) is 5.75. The van der Waals surface area contributed by atoms with Crippen molar-refractivity contribution in [2.45, 2.75) is 45.3 Å². The van der Waals surface area contributed by atoms with Crippen LogP contribution in [0.25, 0.3) is 0 Å². The summed E-state index contributed by atoms with van der Waals surface area (Å²) in [7, 11) is 0. The molecule has 2 N–H and O–H groups in total. The van der Waals surface area contributed by atoms with Gasteiger partial charge in [0.2, 0.25) is 0 Å². The molecular weight excluding hydrogens is 368 g/mol. The average molecular weight is 396 g/mol. The van der Waals surface area contributed by atoms with Gasteiger partial charge >= 0.3 is 0 Å². The number of amides is 2. The second kappa shape index (κ2) is 10.1. The van der Waals surface area contributed by atoms with E-state index in [1.807, 2.05) is 38.1 Å². The summed E-state index contributed by atoms with van der Waals surface area (Å²) < 4.78 is 11.4. The van der Waals surface area contributed by atoms with Gasteiger partial charge in [-0.2, -0.15) is 0 Å². The quantitative estimate of drug-likeness (QED) is 0.713. The SMILES string of the molecule is CC[C@H](Oc1cccc(C)c1)C(=O)Nc1ccccc1C(=O)NC[C@@H]1CCCO1. The molecule has 3 rings (SSSR count). The fraction of sp³-hybridized carbons (Fsp3) is 0.391. The zero-order chi connectivity index (χ0) is 20.6. The minimum absolute atomic E-state index is 0.0629. The molecule has 0 aliphatic carbocycles. The Hall–Kier alpha value is -2.86. The molecule has 6 nitrogen and oxygen atoms in total. The lowest BCUT2D eigenvalue weighted by molar-refractivity contribution is -0.122. The lowest BCUT2D eigenvalue weighted by atomic mass is 10.1. The molecule has 2 amide bonds. The van der Waals surface area contributed by atoms with Crippen LogP contribution in [-0.4, -0.2) is 37.2 Å². The molecule has 1 saturated heterocycles. The Morgan fingerprint density at radius 3 is 2.76 bits per heavy atom. The summed E-state index contributed by atoms with van der Waals surface area (Å²) in [6, 6.07) is 14.6. The van der Waals surface area contributed by atoms with Gasteiger partial charge < -0.3 is 20.1 Å². The van der Waals surface area contributed by atoms with E-state index >= 15 is 0 Å². The first-order valence-corrected chi connectivity index (χ1v) is 10.1. The lowest BCUT2D eigenvalue weighted by Gasteiger charge is -2.19. The van der Waals surface area contributed by atoms with E-state index in [4.69, 9.17) is 9.47 Å². The number of ether oxygens (including phenoxy) is 2. The van der Waals surface area contributed by atoms with Crippen LogP contribution in [0.4, 0.5) is 5.69 Å². The number of anilines is 1. The van der Waals surface area contributed by atoms with E-state index in [1.165, 1.54) is 0 Å².